The predicted octanol–water partition coefficient (Wildman–Crippen LogP) is 15.2. The Morgan fingerprint density at radius 3 is 1.28 bits per heavy atom. The molecular weight excluding hydrogens is 840 g/mol. The van der Waals surface area contributed by atoms with Gasteiger partial charge in [-0.3, -0.25) is 18.6 Å². The van der Waals surface area contributed by atoms with Crippen molar-refractivity contribution in [3.63, 3.8) is 0 Å². The lowest BCUT2D eigenvalue weighted by Crippen LogP contribution is -2.29. The van der Waals surface area contributed by atoms with Gasteiger partial charge >= 0.3 is 19.8 Å². The normalized spacial score (nSPS) is 14.0. The molecule has 0 heterocycles. The number of carbonyl (C=O) groups excluding carboxylic acids is 2. The van der Waals surface area contributed by atoms with Crippen molar-refractivity contribution in [3.8, 4) is 0 Å². The number of phosphoric acid groups is 1. The molecule has 380 valence electrons. The SMILES string of the molecule is CC/C=C\C/C=C\C/C=C\C/C=C\CCCCCCCCCCCCC(=O)OC(COC(=O)CCCCCCCCCCCCCCCCCCCCC)COP(=O)(O)OCC(O)CO. The number of hydrogen-bond acceptors (Lipinski definition) is 9. The Labute approximate surface area is 398 Å². The number of phosphoric ester groups is 1. The van der Waals surface area contributed by atoms with E-state index in [2.05, 4.69) is 62.5 Å². The highest BCUT2D eigenvalue weighted by Crippen LogP contribution is 2.43. The standard InChI is InChI=1S/C54H99O10P/c1-3-5-7-9-11-13-15-17-19-21-23-24-25-26-28-30-32-34-36-38-40-42-44-46-54(58)64-52(50-63-65(59,60)62-48-51(56)47-55)49-61-53(57)45-43-41-39-37-35-33-31-29-27-22-20-18-16-14-12-10-8-6-4-2/h5,7,11,13,17,19,23-24,51-52,55-56H,3-4,6,8-10,12,14-16,18,20-22,25-50H2,1-2H3,(H,59,60)/b7-5-,13-11-,19-17-,24-23-. The lowest BCUT2D eigenvalue weighted by molar-refractivity contribution is -0.161. The van der Waals surface area contributed by atoms with Crippen LogP contribution < -0.4 is 0 Å². The average Bonchev–Trinajstić information content (AvgIpc) is 3.30. The number of hydrogen-bond donors (Lipinski definition) is 3. The molecule has 11 heteroatoms. The van der Waals surface area contributed by atoms with E-state index in [1.807, 2.05) is 0 Å². The van der Waals surface area contributed by atoms with Gasteiger partial charge in [0.15, 0.2) is 6.10 Å². The number of unbranched alkanes of at least 4 members (excludes halogenated alkanes) is 28. The molecule has 0 bridgehead atoms. The number of carbonyl (C=O) groups is 2. The molecular formula is C54H99O10P. The van der Waals surface area contributed by atoms with Gasteiger partial charge in [-0.05, 0) is 51.4 Å². The second-order valence-electron chi connectivity index (χ2n) is 17.9. The van der Waals surface area contributed by atoms with E-state index in [-0.39, 0.29) is 19.4 Å². The van der Waals surface area contributed by atoms with Crippen molar-refractivity contribution in [2.24, 2.45) is 0 Å². The molecule has 3 atom stereocenters. The minimum Gasteiger partial charge on any atom is -0.462 e. The molecule has 0 rings (SSSR count). The van der Waals surface area contributed by atoms with Gasteiger partial charge in [-0.2, -0.15) is 0 Å². The summed E-state index contributed by atoms with van der Waals surface area (Å²) >= 11 is 0. The summed E-state index contributed by atoms with van der Waals surface area (Å²) in [5.74, 6) is -0.919. The van der Waals surface area contributed by atoms with E-state index in [9.17, 15) is 24.2 Å². The molecule has 0 fully saturated rings. The van der Waals surface area contributed by atoms with E-state index in [1.165, 1.54) is 135 Å². The van der Waals surface area contributed by atoms with Crippen molar-refractivity contribution in [1.29, 1.82) is 0 Å². The zero-order chi connectivity index (χ0) is 47.6. The summed E-state index contributed by atoms with van der Waals surface area (Å²) in [7, 11) is -4.63. The molecule has 3 unspecified atom stereocenters. The number of aliphatic hydroxyl groups is 2. The van der Waals surface area contributed by atoms with Gasteiger partial charge in [-0.1, -0.05) is 229 Å². The maximum atomic E-state index is 12.7. The number of ether oxygens (including phenoxy) is 2. The van der Waals surface area contributed by atoms with E-state index in [0.29, 0.717) is 12.8 Å². The summed E-state index contributed by atoms with van der Waals surface area (Å²) in [5, 5.41) is 18.4. The second-order valence-corrected chi connectivity index (χ2v) is 19.3. The summed E-state index contributed by atoms with van der Waals surface area (Å²) in [5.41, 5.74) is 0. The fraction of sp³-hybridized carbons (Fsp3) is 0.815. The third-order valence-electron chi connectivity index (χ3n) is 11.5. The molecule has 0 aromatic carbocycles. The highest BCUT2D eigenvalue weighted by atomic mass is 31.2. The topological polar surface area (TPSA) is 149 Å². The van der Waals surface area contributed by atoms with Gasteiger partial charge in [0.05, 0.1) is 19.8 Å². The fourth-order valence-corrected chi connectivity index (χ4v) is 8.25. The van der Waals surface area contributed by atoms with E-state index < -0.39 is 51.8 Å². The third-order valence-corrected chi connectivity index (χ3v) is 12.4. The van der Waals surface area contributed by atoms with Crippen LogP contribution in [0.2, 0.25) is 0 Å². The van der Waals surface area contributed by atoms with Crippen molar-refractivity contribution in [1.82, 2.24) is 0 Å². The van der Waals surface area contributed by atoms with Gasteiger partial charge in [0.2, 0.25) is 0 Å². The van der Waals surface area contributed by atoms with Crippen LogP contribution in [0.25, 0.3) is 0 Å². The molecule has 3 N–H and O–H groups in total. The highest BCUT2D eigenvalue weighted by Gasteiger charge is 2.27. The van der Waals surface area contributed by atoms with Gasteiger partial charge < -0.3 is 24.6 Å². The zero-order valence-electron chi connectivity index (χ0n) is 41.7. The maximum absolute atomic E-state index is 12.7. The Hall–Kier alpha value is -2.07. The molecule has 0 amide bonds. The highest BCUT2D eigenvalue weighted by molar-refractivity contribution is 7.47. The Bertz CT molecular complexity index is 1220. The lowest BCUT2D eigenvalue weighted by atomic mass is 10.0. The number of rotatable bonds is 50. The van der Waals surface area contributed by atoms with E-state index in [1.54, 1.807) is 0 Å². The predicted molar refractivity (Wildman–Crippen MR) is 270 cm³/mol. The zero-order valence-corrected chi connectivity index (χ0v) is 42.6. The molecule has 0 aromatic heterocycles. The lowest BCUT2D eigenvalue weighted by Gasteiger charge is -2.20. The van der Waals surface area contributed by atoms with Crippen molar-refractivity contribution in [2.45, 2.75) is 257 Å². The van der Waals surface area contributed by atoms with Crippen LogP contribution in [-0.2, 0) is 32.7 Å². The quantitative estimate of drug-likeness (QED) is 0.0233. The molecule has 0 saturated carbocycles. The van der Waals surface area contributed by atoms with Crippen LogP contribution in [0.1, 0.15) is 245 Å². The molecule has 0 aliphatic heterocycles. The molecule has 0 radical (unpaired) electrons. The molecule has 0 saturated heterocycles. The average molecular weight is 939 g/mol. The summed E-state index contributed by atoms with van der Waals surface area (Å²) in [6.07, 6.45) is 56.5. The van der Waals surface area contributed by atoms with Crippen LogP contribution in [-0.4, -0.2) is 65.7 Å². The van der Waals surface area contributed by atoms with Crippen LogP contribution in [0, 0.1) is 0 Å². The number of aliphatic hydroxyl groups excluding tert-OH is 2. The van der Waals surface area contributed by atoms with E-state index >= 15 is 0 Å². The Balaban J connectivity index is 4.15. The minimum atomic E-state index is -4.63. The van der Waals surface area contributed by atoms with Crippen LogP contribution in [0.3, 0.4) is 0 Å². The first-order chi connectivity index (χ1) is 31.7. The van der Waals surface area contributed by atoms with Crippen LogP contribution in [0.5, 0.6) is 0 Å². The minimum absolute atomic E-state index is 0.180. The van der Waals surface area contributed by atoms with E-state index in [4.69, 9.17) is 23.6 Å². The molecule has 0 spiro atoms. The van der Waals surface area contributed by atoms with Crippen molar-refractivity contribution in [2.75, 3.05) is 26.4 Å². The van der Waals surface area contributed by atoms with Crippen molar-refractivity contribution < 1.29 is 47.8 Å². The van der Waals surface area contributed by atoms with Crippen molar-refractivity contribution in [3.05, 3.63) is 48.6 Å². The summed E-state index contributed by atoms with van der Waals surface area (Å²) in [6, 6.07) is 0. The number of esters is 2. The monoisotopic (exact) mass is 939 g/mol. The fourth-order valence-electron chi connectivity index (χ4n) is 7.46. The maximum Gasteiger partial charge on any atom is 0.472 e. The molecule has 10 nitrogen and oxygen atoms in total. The molecule has 65 heavy (non-hydrogen) atoms. The van der Waals surface area contributed by atoms with Crippen LogP contribution in [0.4, 0.5) is 0 Å². The van der Waals surface area contributed by atoms with Gasteiger partial charge in [-0.15, -0.1) is 0 Å². The molecule has 0 aliphatic carbocycles. The largest absolute Gasteiger partial charge is 0.472 e. The Kier molecular flexibility index (Phi) is 48.2. The molecule has 0 aliphatic rings. The van der Waals surface area contributed by atoms with Gasteiger partial charge in [-0.25, -0.2) is 4.57 Å². The first kappa shape index (κ1) is 62.9. The summed E-state index contributed by atoms with van der Waals surface area (Å²) in [6.45, 7) is 2.31. The van der Waals surface area contributed by atoms with Crippen LogP contribution in [0.15, 0.2) is 48.6 Å². The van der Waals surface area contributed by atoms with Crippen molar-refractivity contribution >= 4 is 19.8 Å². The first-order valence-electron chi connectivity index (χ1n) is 26.6. The van der Waals surface area contributed by atoms with Gasteiger partial charge in [0.25, 0.3) is 0 Å². The van der Waals surface area contributed by atoms with Crippen LogP contribution >= 0.6 is 7.82 Å². The smallest absolute Gasteiger partial charge is 0.462 e. The number of allylic oxidation sites excluding steroid dienone is 8. The second kappa shape index (κ2) is 49.8. The van der Waals surface area contributed by atoms with Gasteiger partial charge in [0.1, 0.15) is 12.7 Å². The summed E-state index contributed by atoms with van der Waals surface area (Å²) in [4.78, 5) is 35.2. The summed E-state index contributed by atoms with van der Waals surface area (Å²) < 4.78 is 32.9. The van der Waals surface area contributed by atoms with Gasteiger partial charge in [0, 0.05) is 12.8 Å². The van der Waals surface area contributed by atoms with E-state index in [0.717, 1.165) is 70.6 Å². The first-order valence-corrected chi connectivity index (χ1v) is 28.1. The third kappa shape index (κ3) is 49.7. The Morgan fingerprint density at radius 1 is 0.477 bits per heavy atom. The Morgan fingerprint density at radius 2 is 0.846 bits per heavy atom. The molecule has 0 aromatic rings.